The first-order chi connectivity index (χ1) is 9.27. The summed E-state index contributed by atoms with van der Waals surface area (Å²) in [6.45, 7) is 0. The summed E-state index contributed by atoms with van der Waals surface area (Å²) in [6, 6.07) is 2.33. The number of amides is 2. The molecule has 1 aromatic carbocycles. The second-order valence-corrected chi connectivity index (χ2v) is 5.90. The lowest BCUT2D eigenvalue weighted by Gasteiger charge is -2.23. The minimum Gasteiger partial charge on any atom is -0.371 e. The molecule has 20 heavy (non-hydrogen) atoms. The number of imide groups is 1. The fraction of sp³-hybridized carbons (Fsp3) is 0.273. The Morgan fingerprint density at radius 3 is 2.60 bits per heavy atom. The van der Waals surface area contributed by atoms with Crippen LogP contribution in [-0.2, 0) is 19.6 Å². The maximum atomic E-state index is 13.8. The molecule has 0 aromatic heterocycles. The molecule has 7 nitrogen and oxygen atoms in total. The van der Waals surface area contributed by atoms with Gasteiger partial charge in [-0.15, -0.1) is 0 Å². The fourth-order valence-corrected chi connectivity index (χ4v) is 2.33. The summed E-state index contributed by atoms with van der Waals surface area (Å²) in [5, 5.41) is 9.63. The number of carbonyl (C=O) groups excluding carboxylic acids is 2. The van der Waals surface area contributed by atoms with Gasteiger partial charge in [0.05, 0.1) is 10.6 Å². The Labute approximate surface area is 114 Å². The second-order valence-electron chi connectivity index (χ2n) is 4.33. The number of hydrogen-bond acceptors (Lipinski definition) is 5. The van der Waals surface area contributed by atoms with Gasteiger partial charge in [-0.25, -0.2) is 17.9 Å². The summed E-state index contributed by atoms with van der Waals surface area (Å²) in [7, 11) is -3.98. The van der Waals surface area contributed by atoms with Crippen LogP contribution in [0.4, 0.5) is 10.1 Å². The van der Waals surface area contributed by atoms with E-state index in [2.05, 4.69) is 10.6 Å². The molecular formula is C11H12FN3O4S. The van der Waals surface area contributed by atoms with E-state index in [1.165, 1.54) is 6.07 Å². The Balaban J connectivity index is 2.18. The van der Waals surface area contributed by atoms with Gasteiger partial charge < -0.3 is 5.32 Å². The number of primary sulfonamides is 1. The highest BCUT2D eigenvalue weighted by molar-refractivity contribution is 7.89. The van der Waals surface area contributed by atoms with E-state index in [0.717, 1.165) is 12.1 Å². The molecule has 1 heterocycles. The van der Waals surface area contributed by atoms with Crippen LogP contribution in [-0.4, -0.2) is 26.3 Å². The highest BCUT2D eigenvalue weighted by atomic mass is 32.2. The largest absolute Gasteiger partial charge is 0.371 e. The van der Waals surface area contributed by atoms with Crippen LogP contribution >= 0.6 is 0 Å². The average Bonchev–Trinajstić information content (AvgIpc) is 2.33. The van der Waals surface area contributed by atoms with E-state index in [1.807, 2.05) is 0 Å². The molecule has 0 radical (unpaired) electrons. The van der Waals surface area contributed by atoms with E-state index < -0.39 is 27.8 Å². The van der Waals surface area contributed by atoms with Crippen LogP contribution in [0.1, 0.15) is 12.8 Å². The monoisotopic (exact) mass is 301 g/mol. The summed E-state index contributed by atoms with van der Waals surface area (Å²) < 4.78 is 35.9. The van der Waals surface area contributed by atoms with Crippen molar-refractivity contribution in [3.05, 3.63) is 24.0 Å². The third-order valence-electron chi connectivity index (χ3n) is 2.84. The maximum absolute atomic E-state index is 13.8. The third-order valence-corrected chi connectivity index (χ3v) is 3.75. The molecule has 1 unspecified atom stereocenters. The lowest BCUT2D eigenvalue weighted by Crippen LogP contribution is -2.47. The van der Waals surface area contributed by atoms with Gasteiger partial charge in [0.15, 0.2) is 0 Å². The van der Waals surface area contributed by atoms with Crippen molar-refractivity contribution in [3.8, 4) is 0 Å². The van der Waals surface area contributed by atoms with Crippen LogP contribution in [0, 0.1) is 5.82 Å². The molecule has 1 fully saturated rings. The van der Waals surface area contributed by atoms with E-state index in [0.29, 0.717) is 0 Å². The predicted octanol–water partition coefficient (Wildman–Crippen LogP) is -0.310. The lowest BCUT2D eigenvalue weighted by atomic mass is 10.1. The zero-order valence-corrected chi connectivity index (χ0v) is 11.0. The van der Waals surface area contributed by atoms with Crippen molar-refractivity contribution < 1.29 is 22.4 Å². The van der Waals surface area contributed by atoms with Crippen molar-refractivity contribution in [3.63, 3.8) is 0 Å². The zero-order chi connectivity index (χ0) is 14.9. The molecule has 1 aromatic rings. The maximum Gasteiger partial charge on any atom is 0.249 e. The Morgan fingerprint density at radius 1 is 1.35 bits per heavy atom. The number of sulfonamides is 1. The van der Waals surface area contributed by atoms with E-state index in [9.17, 15) is 22.4 Å². The molecule has 108 valence electrons. The number of benzene rings is 1. The highest BCUT2D eigenvalue weighted by Crippen LogP contribution is 2.20. The van der Waals surface area contributed by atoms with Crippen LogP contribution in [0.15, 0.2) is 23.1 Å². The summed E-state index contributed by atoms with van der Waals surface area (Å²) in [5.41, 5.74) is -0.0353. The molecule has 0 saturated carbocycles. The zero-order valence-electron chi connectivity index (χ0n) is 10.2. The summed E-state index contributed by atoms with van der Waals surface area (Å²) in [4.78, 5) is 22.1. The first kappa shape index (κ1) is 14.4. The number of carbonyl (C=O) groups is 2. The topological polar surface area (TPSA) is 118 Å². The van der Waals surface area contributed by atoms with E-state index >= 15 is 0 Å². The first-order valence-electron chi connectivity index (χ1n) is 5.70. The quantitative estimate of drug-likeness (QED) is 0.662. The van der Waals surface area contributed by atoms with Crippen molar-refractivity contribution in [1.82, 2.24) is 5.32 Å². The van der Waals surface area contributed by atoms with Crippen LogP contribution in [0.25, 0.3) is 0 Å². The number of anilines is 1. The SMILES string of the molecule is NS(=O)(=O)c1ccc(NC2CCC(=O)NC2=O)c(F)c1. The van der Waals surface area contributed by atoms with Crippen LogP contribution in [0.3, 0.4) is 0 Å². The minimum absolute atomic E-state index is 0.0353. The predicted molar refractivity (Wildman–Crippen MR) is 67.6 cm³/mol. The van der Waals surface area contributed by atoms with Gasteiger partial charge in [0.25, 0.3) is 0 Å². The van der Waals surface area contributed by atoms with E-state index in [4.69, 9.17) is 5.14 Å². The Bertz CT molecular complexity index is 674. The molecule has 0 spiro atoms. The van der Waals surface area contributed by atoms with Gasteiger partial charge in [-0.05, 0) is 24.6 Å². The van der Waals surface area contributed by atoms with Gasteiger partial charge >= 0.3 is 0 Å². The molecule has 1 saturated heterocycles. The first-order valence-corrected chi connectivity index (χ1v) is 7.24. The lowest BCUT2D eigenvalue weighted by molar-refractivity contribution is -0.133. The summed E-state index contributed by atoms with van der Waals surface area (Å²) in [5.74, 6) is -1.77. The van der Waals surface area contributed by atoms with Gasteiger partial charge in [0, 0.05) is 6.42 Å². The van der Waals surface area contributed by atoms with Crippen LogP contribution in [0.2, 0.25) is 0 Å². The molecule has 1 atom stereocenters. The highest BCUT2D eigenvalue weighted by Gasteiger charge is 2.27. The van der Waals surface area contributed by atoms with Gasteiger partial charge in [0.2, 0.25) is 21.8 Å². The Kier molecular flexibility index (Phi) is 3.73. The molecule has 0 bridgehead atoms. The van der Waals surface area contributed by atoms with Crippen molar-refractivity contribution in [2.45, 2.75) is 23.8 Å². The number of nitrogens with two attached hydrogens (primary N) is 1. The molecule has 9 heteroatoms. The molecule has 2 amide bonds. The minimum atomic E-state index is -3.98. The van der Waals surface area contributed by atoms with Gasteiger partial charge in [-0.1, -0.05) is 0 Å². The molecule has 0 aliphatic carbocycles. The smallest absolute Gasteiger partial charge is 0.249 e. The third kappa shape index (κ3) is 3.11. The average molecular weight is 301 g/mol. The number of nitrogens with one attached hydrogen (secondary N) is 2. The summed E-state index contributed by atoms with van der Waals surface area (Å²) in [6.07, 6.45) is 0.390. The van der Waals surface area contributed by atoms with E-state index in [-0.39, 0.29) is 29.3 Å². The van der Waals surface area contributed by atoms with Gasteiger partial charge in [-0.3, -0.25) is 14.9 Å². The Morgan fingerprint density at radius 2 is 2.05 bits per heavy atom. The van der Waals surface area contributed by atoms with Crippen LogP contribution < -0.4 is 15.8 Å². The number of halogens is 1. The summed E-state index contributed by atoms with van der Waals surface area (Å²) >= 11 is 0. The standard InChI is InChI=1S/C11H12FN3O4S/c12-7-5-6(20(13,18)19)1-2-8(7)14-9-3-4-10(16)15-11(9)17/h1-2,5,9,14H,3-4H2,(H2,13,18,19)(H,15,16,17). The van der Waals surface area contributed by atoms with Crippen molar-refractivity contribution in [2.75, 3.05) is 5.32 Å². The van der Waals surface area contributed by atoms with Crippen molar-refractivity contribution in [2.24, 2.45) is 5.14 Å². The number of rotatable bonds is 3. The normalized spacial score (nSPS) is 19.6. The second kappa shape index (κ2) is 5.17. The molecule has 2 rings (SSSR count). The van der Waals surface area contributed by atoms with Crippen molar-refractivity contribution in [1.29, 1.82) is 0 Å². The van der Waals surface area contributed by atoms with E-state index in [1.54, 1.807) is 0 Å². The fourth-order valence-electron chi connectivity index (χ4n) is 1.81. The van der Waals surface area contributed by atoms with Crippen molar-refractivity contribution >= 4 is 27.5 Å². The van der Waals surface area contributed by atoms with Crippen LogP contribution in [0.5, 0.6) is 0 Å². The number of hydrogen-bond donors (Lipinski definition) is 3. The molecule has 1 aliphatic heterocycles. The molecular weight excluding hydrogens is 289 g/mol. The van der Waals surface area contributed by atoms with Gasteiger partial charge in [-0.2, -0.15) is 0 Å². The molecule has 1 aliphatic rings. The number of piperidine rings is 1. The Hall–Kier alpha value is -2.00. The molecule has 4 N–H and O–H groups in total. The van der Waals surface area contributed by atoms with Gasteiger partial charge in [0.1, 0.15) is 11.9 Å².